The van der Waals surface area contributed by atoms with Gasteiger partial charge < -0.3 is 10.1 Å². The molecule has 1 N–H and O–H groups in total. The molecule has 0 saturated carbocycles. The van der Waals surface area contributed by atoms with Gasteiger partial charge in [0.1, 0.15) is 0 Å². The third kappa shape index (κ3) is 5.13. The summed E-state index contributed by atoms with van der Waals surface area (Å²) in [5, 5.41) is 3.59. The molecule has 2 heterocycles. The zero-order chi connectivity index (χ0) is 16.6. The highest BCUT2D eigenvalue weighted by Crippen LogP contribution is 2.12. The lowest BCUT2D eigenvalue weighted by atomic mass is 10.1. The third-order valence-corrected chi connectivity index (χ3v) is 4.56. The Hall–Kier alpha value is -1.75. The van der Waals surface area contributed by atoms with Crippen LogP contribution in [0.1, 0.15) is 18.2 Å². The molecule has 1 aromatic heterocycles. The zero-order valence-electron chi connectivity index (χ0n) is 14.4. The third-order valence-electron chi connectivity index (χ3n) is 4.56. The summed E-state index contributed by atoms with van der Waals surface area (Å²) in [5.41, 5.74) is 2.50. The molecule has 1 aliphatic heterocycles. The summed E-state index contributed by atoms with van der Waals surface area (Å²) in [5.74, 6) is 0. The average Bonchev–Trinajstić information content (AvgIpc) is 2.64. The minimum absolute atomic E-state index is 0.242. The number of nitrogens with one attached hydrogen (secondary N) is 1. The second-order valence-electron chi connectivity index (χ2n) is 6.44. The van der Waals surface area contributed by atoms with Crippen LogP contribution in [0.3, 0.4) is 0 Å². The minimum Gasteiger partial charge on any atom is -0.374 e. The quantitative estimate of drug-likeness (QED) is 0.849. The SMILES string of the molecule is C[C@@H](NCCc1ccccn1)[C@@H]1CN(Cc2ccccc2)CCO1. The van der Waals surface area contributed by atoms with Gasteiger partial charge in [-0.2, -0.15) is 0 Å². The van der Waals surface area contributed by atoms with Crippen LogP contribution >= 0.6 is 0 Å². The highest BCUT2D eigenvalue weighted by Gasteiger charge is 2.25. The van der Waals surface area contributed by atoms with Crippen LogP contribution in [0.25, 0.3) is 0 Å². The van der Waals surface area contributed by atoms with Crippen molar-refractivity contribution in [2.24, 2.45) is 0 Å². The van der Waals surface area contributed by atoms with E-state index in [1.807, 2.05) is 18.3 Å². The van der Waals surface area contributed by atoms with E-state index in [1.165, 1.54) is 5.56 Å². The fourth-order valence-electron chi connectivity index (χ4n) is 3.12. The molecule has 0 unspecified atom stereocenters. The van der Waals surface area contributed by atoms with E-state index in [0.29, 0.717) is 6.04 Å². The second-order valence-corrected chi connectivity index (χ2v) is 6.44. The highest BCUT2D eigenvalue weighted by molar-refractivity contribution is 5.14. The largest absolute Gasteiger partial charge is 0.374 e. The molecular formula is C20H27N3O. The van der Waals surface area contributed by atoms with Crippen molar-refractivity contribution in [2.75, 3.05) is 26.2 Å². The van der Waals surface area contributed by atoms with E-state index in [-0.39, 0.29) is 6.10 Å². The van der Waals surface area contributed by atoms with Crippen molar-refractivity contribution in [3.63, 3.8) is 0 Å². The fourth-order valence-corrected chi connectivity index (χ4v) is 3.12. The predicted molar refractivity (Wildman–Crippen MR) is 96.9 cm³/mol. The van der Waals surface area contributed by atoms with Gasteiger partial charge in [-0.15, -0.1) is 0 Å². The van der Waals surface area contributed by atoms with Crippen LogP contribution in [0, 0.1) is 0 Å². The van der Waals surface area contributed by atoms with Gasteiger partial charge in [0.25, 0.3) is 0 Å². The first kappa shape index (κ1) is 17.1. The number of pyridine rings is 1. The Bertz CT molecular complexity index is 590. The molecule has 24 heavy (non-hydrogen) atoms. The molecule has 1 saturated heterocycles. The van der Waals surface area contributed by atoms with Gasteiger partial charge in [-0.05, 0) is 24.6 Å². The lowest BCUT2D eigenvalue weighted by Crippen LogP contribution is -2.51. The second kappa shape index (κ2) is 8.92. The van der Waals surface area contributed by atoms with Crippen molar-refractivity contribution >= 4 is 0 Å². The van der Waals surface area contributed by atoms with Crippen LogP contribution in [0.15, 0.2) is 54.7 Å². The van der Waals surface area contributed by atoms with Crippen LogP contribution in [0.2, 0.25) is 0 Å². The Morgan fingerprint density at radius 3 is 2.83 bits per heavy atom. The van der Waals surface area contributed by atoms with Crippen LogP contribution in [0.5, 0.6) is 0 Å². The van der Waals surface area contributed by atoms with Crippen molar-refractivity contribution in [1.82, 2.24) is 15.2 Å². The molecule has 128 valence electrons. The summed E-state index contributed by atoms with van der Waals surface area (Å²) < 4.78 is 5.99. The molecule has 0 amide bonds. The molecule has 1 aromatic carbocycles. The number of morpholine rings is 1. The average molecular weight is 325 g/mol. The number of hydrogen-bond donors (Lipinski definition) is 1. The predicted octanol–water partition coefficient (Wildman–Crippen LogP) is 2.50. The van der Waals surface area contributed by atoms with Gasteiger partial charge in [0.15, 0.2) is 0 Å². The number of hydrogen-bond acceptors (Lipinski definition) is 4. The van der Waals surface area contributed by atoms with Gasteiger partial charge in [0.05, 0.1) is 12.7 Å². The van der Waals surface area contributed by atoms with Gasteiger partial charge in [0, 0.05) is 50.5 Å². The number of rotatable bonds is 7. The normalized spacial score (nSPS) is 20.0. The Morgan fingerprint density at radius 1 is 1.21 bits per heavy atom. The minimum atomic E-state index is 0.242. The summed E-state index contributed by atoms with van der Waals surface area (Å²) in [6.45, 7) is 6.94. The molecule has 3 rings (SSSR count). The Morgan fingerprint density at radius 2 is 2.04 bits per heavy atom. The summed E-state index contributed by atoms with van der Waals surface area (Å²) in [4.78, 5) is 6.85. The van der Waals surface area contributed by atoms with E-state index in [1.54, 1.807) is 0 Å². The Labute approximate surface area is 144 Å². The first-order chi connectivity index (χ1) is 11.8. The van der Waals surface area contributed by atoms with Gasteiger partial charge in [-0.25, -0.2) is 0 Å². The van der Waals surface area contributed by atoms with Gasteiger partial charge in [-0.1, -0.05) is 36.4 Å². The number of benzene rings is 1. The monoisotopic (exact) mass is 325 g/mol. The first-order valence-corrected chi connectivity index (χ1v) is 8.82. The van der Waals surface area contributed by atoms with E-state index in [2.05, 4.69) is 58.5 Å². The maximum Gasteiger partial charge on any atom is 0.0852 e. The molecule has 2 aromatic rings. The lowest BCUT2D eigenvalue weighted by Gasteiger charge is -2.36. The molecule has 1 aliphatic rings. The highest BCUT2D eigenvalue weighted by atomic mass is 16.5. The van der Waals surface area contributed by atoms with Gasteiger partial charge in [-0.3, -0.25) is 9.88 Å². The van der Waals surface area contributed by atoms with Crippen LogP contribution in [0.4, 0.5) is 0 Å². The van der Waals surface area contributed by atoms with E-state index in [0.717, 1.165) is 44.9 Å². The number of ether oxygens (including phenoxy) is 1. The number of nitrogens with zero attached hydrogens (tertiary/aromatic N) is 2. The molecule has 0 spiro atoms. The van der Waals surface area contributed by atoms with Crippen molar-refractivity contribution in [1.29, 1.82) is 0 Å². The number of aromatic nitrogens is 1. The van der Waals surface area contributed by atoms with Crippen molar-refractivity contribution < 1.29 is 4.74 Å². The van der Waals surface area contributed by atoms with E-state index < -0.39 is 0 Å². The molecule has 0 radical (unpaired) electrons. The fraction of sp³-hybridized carbons (Fsp3) is 0.450. The molecule has 0 bridgehead atoms. The van der Waals surface area contributed by atoms with Crippen LogP contribution in [-0.4, -0.2) is 48.3 Å². The van der Waals surface area contributed by atoms with Crippen molar-refractivity contribution in [3.8, 4) is 0 Å². The molecule has 4 heteroatoms. The lowest BCUT2D eigenvalue weighted by molar-refractivity contribution is -0.0459. The molecule has 2 atom stereocenters. The molecule has 4 nitrogen and oxygen atoms in total. The van der Waals surface area contributed by atoms with E-state index >= 15 is 0 Å². The van der Waals surface area contributed by atoms with Crippen LogP contribution < -0.4 is 5.32 Å². The maximum absolute atomic E-state index is 5.99. The zero-order valence-corrected chi connectivity index (χ0v) is 14.4. The Balaban J connectivity index is 1.43. The summed E-state index contributed by atoms with van der Waals surface area (Å²) in [6.07, 6.45) is 3.04. The van der Waals surface area contributed by atoms with E-state index in [9.17, 15) is 0 Å². The van der Waals surface area contributed by atoms with Gasteiger partial charge in [0.2, 0.25) is 0 Å². The summed E-state index contributed by atoms with van der Waals surface area (Å²) >= 11 is 0. The Kier molecular flexibility index (Phi) is 6.35. The van der Waals surface area contributed by atoms with Gasteiger partial charge >= 0.3 is 0 Å². The smallest absolute Gasteiger partial charge is 0.0852 e. The van der Waals surface area contributed by atoms with Crippen molar-refractivity contribution in [2.45, 2.75) is 32.0 Å². The molecule has 1 fully saturated rings. The molecular weight excluding hydrogens is 298 g/mol. The molecule has 0 aliphatic carbocycles. The first-order valence-electron chi connectivity index (χ1n) is 8.82. The maximum atomic E-state index is 5.99. The van der Waals surface area contributed by atoms with Crippen molar-refractivity contribution in [3.05, 3.63) is 66.0 Å². The summed E-state index contributed by atoms with van der Waals surface area (Å²) in [7, 11) is 0. The topological polar surface area (TPSA) is 37.4 Å². The van der Waals surface area contributed by atoms with E-state index in [4.69, 9.17) is 4.74 Å². The van der Waals surface area contributed by atoms with Crippen LogP contribution in [-0.2, 0) is 17.7 Å². The standard InChI is InChI=1S/C20H27N3O/c1-17(21-12-10-19-9-5-6-11-22-19)20-16-23(13-14-24-20)15-18-7-3-2-4-8-18/h2-9,11,17,20-21H,10,12-16H2,1H3/t17-,20+/m1/s1. The summed E-state index contributed by atoms with van der Waals surface area (Å²) in [6, 6.07) is 17.1.